The zero-order valence-corrected chi connectivity index (χ0v) is 17.5. The summed E-state index contributed by atoms with van der Waals surface area (Å²) in [6, 6.07) is 8.82. The van der Waals surface area contributed by atoms with Crippen molar-refractivity contribution in [1.29, 1.82) is 0 Å². The van der Waals surface area contributed by atoms with E-state index in [1.54, 1.807) is 19.2 Å². The van der Waals surface area contributed by atoms with Gasteiger partial charge in [0.15, 0.2) is 5.96 Å². The molecule has 0 aliphatic rings. The SMILES string of the molecule is CN=C(NCc1ccccc1F)NCC(C)Cn1nc(C)cc1C.I. The number of aryl methyl sites for hydroxylation is 2. The number of aromatic nitrogens is 2. The Labute approximate surface area is 166 Å². The molecular formula is C18H27FIN5. The molecule has 0 saturated carbocycles. The van der Waals surface area contributed by atoms with Crippen molar-refractivity contribution in [3.05, 3.63) is 53.1 Å². The number of benzene rings is 1. The van der Waals surface area contributed by atoms with Gasteiger partial charge in [0.05, 0.1) is 5.69 Å². The molecule has 2 N–H and O–H groups in total. The van der Waals surface area contributed by atoms with Crippen molar-refractivity contribution in [1.82, 2.24) is 20.4 Å². The van der Waals surface area contributed by atoms with Crippen molar-refractivity contribution in [2.24, 2.45) is 10.9 Å². The minimum atomic E-state index is -0.210. The monoisotopic (exact) mass is 459 g/mol. The second-order valence-electron chi connectivity index (χ2n) is 6.11. The molecule has 25 heavy (non-hydrogen) atoms. The van der Waals surface area contributed by atoms with E-state index in [2.05, 4.69) is 40.6 Å². The van der Waals surface area contributed by atoms with Crippen molar-refractivity contribution in [2.75, 3.05) is 13.6 Å². The third-order valence-corrected chi connectivity index (χ3v) is 3.83. The number of aliphatic imine (C=N–C) groups is 1. The van der Waals surface area contributed by atoms with Crippen molar-refractivity contribution >= 4 is 29.9 Å². The van der Waals surface area contributed by atoms with E-state index in [1.807, 2.05) is 17.7 Å². The van der Waals surface area contributed by atoms with Crippen LogP contribution in [0.2, 0.25) is 0 Å². The quantitative estimate of drug-likeness (QED) is 0.396. The van der Waals surface area contributed by atoms with Gasteiger partial charge in [-0.3, -0.25) is 9.67 Å². The standard InChI is InChI=1S/C18H26FN5.HI/c1-13(12-24-15(3)9-14(2)23-24)10-21-18(20-4)22-11-16-7-5-6-8-17(16)19;/h5-9,13H,10-12H2,1-4H3,(H2,20,21,22);1H. The van der Waals surface area contributed by atoms with Gasteiger partial charge < -0.3 is 10.6 Å². The van der Waals surface area contributed by atoms with Gasteiger partial charge in [0.25, 0.3) is 0 Å². The molecule has 1 unspecified atom stereocenters. The average molecular weight is 459 g/mol. The topological polar surface area (TPSA) is 54.2 Å². The van der Waals surface area contributed by atoms with E-state index in [0.717, 1.165) is 18.8 Å². The van der Waals surface area contributed by atoms with Crippen molar-refractivity contribution in [3.63, 3.8) is 0 Å². The van der Waals surface area contributed by atoms with Crippen molar-refractivity contribution < 1.29 is 4.39 Å². The van der Waals surface area contributed by atoms with Gasteiger partial charge in [-0.25, -0.2) is 4.39 Å². The van der Waals surface area contributed by atoms with Crippen LogP contribution in [0, 0.1) is 25.6 Å². The summed E-state index contributed by atoms with van der Waals surface area (Å²) in [5.74, 6) is 0.840. The first-order valence-corrected chi connectivity index (χ1v) is 8.18. The molecular weight excluding hydrogens is 432 g/mol. The minimum absolute atomic E-state index is 0. The number of rotatable bonds is 6. The smallest absolute Gasteiger partial charge is 0.191 e. The van der Waals surface area contributed by atoms with Crippen LogP contribution in [0.3, 0.4) is 0 Å². The van der Waals surface area contributed by atoms with Gasteiger partial charge in [0.2, 0.25) is 0 Å². The van der Waals surface area contributed by atoms with Gasteiger partial charge in [0.1, 0.15) is 5.82 Å². The number of guanidine groups is 1. The maximum absolute atomic E-state index is 13.6. The molecule has 1 atom stereocenters. The Hall–Kier alpha value is -1.64. The molecule has 1 aromatic heterocycles. The molecule has 0 spiro atoms. The zero-order valence-electron chi connectivity index (χ0n) is 15.2. The lowest BCUT2D eigenvalue weighted by Gasteiger charge is -2.17. The first kappa shape index (κ1) is 21.4. The zero-order chi connectivity index (χ0) is 17.5. The van der Waals surface area contributed by atoms with Gasteiger partial charge in [-0.05, 0) is 31.9 Å². The van der Waals surface area contributed by atoms with Crippen molar-refractivity contribution in [3.8, 4) is 0 Å². The summed E-state index contributed by atoms with van der Waals surface area (Å²) in [7, 11) is 1.71. The summed E-state index contributed by atoms with van der Waals surface area (Å²) >= 11 is 0. The van der Waals surface area contributed by atoms with Gasteiger partial charge >= 0.3 is 0 Å². The predicted octanol–water partition coefficient (Wildman–Crippen LogP) is 3.26. The van der Waals surface area contributed by atoms with Crippen LogP contribution in [0.1, 0.15) is 23.9 Å². The van der Waals surface area contributed by atoms with Gasteiger partial charge in [-0.2, -0.15) is 5.10 Å². The predicted molar refractivity (Wildman–Crippen MR) is 111 cm³/mol. The highest BCUT2D eigenvalue weighted by Gasteiger charge is 2.08. The van der Waals surface area contributed by atoms with Crippen LogP contribution in [0.5, 0.6) is 0 Å². The Morgan fingerprint density at radius 1 is 1.28 bits per heavy atom. The summed E-state index contributed by atoms with van der Waals surface area (Å²) in [6.07, 6.45) is 0. The number of nitrogens with zero attached hydrogens (tertiary/aromatic N) is 3. The molecule has 0 bridgehead atoms. The molecule has 0 aliphatic carbocycles. The maximum atomic E-state index is 13.6. The van der Waals surface area contributed by atoms with E-state index in [0.29, 0.717) is 24.0 Å². The molecule has 1 aromatic carbocycles. The number of nitrogens with one attached hydrogen (secondary N) is 2. The molecule has 0 radical (unpaired) electrons. The molecule has 2 aromatic rings. The molecule has 0 saturated heterocycles. The van der Waals surface area contributed by atoms with Gasteiger partial charge in [-0.1, -0.05) is 25.1 Å². The second-order valence-corrected chi connectivity index (χ2v) is 6.11. The molecule has 7 heteroatoms. The molecule has 1 heterocycles. The maximum Gasteiger partial charge on any atom is 0.191 e. The molecule has 0 aliphatic heterocycles. The third-order valence-electron chi connectivity index (χ3n) is 3.83. The highest BCUT2D eigenvalue weighted by Crippen LogP contribution is 2.07. The fourth-order valence-corrected chi connectivity index (χ4v) is 2.53. The van der Waals surface area contributed by atoms with E-state index >= 15 is 0 Å². The lowest BCUT2D eigenvalue weighted by Crippen LogP contribution is -2.39. The molecule has 138 valence electrons. The Bertz CT molecular complexity index is 699. The van der Waals surface area contributed by atoms with E-state index < -0.39 is 0 Å². The fourth-order valence-electron chi connectivity index (χ4n) is 2.53. The Morgan fingerprint density at radius 3 is 2.60 bits per heavy atom. The first-order valence-electron chi connectivity index (χ1n) is 8.18. The number of hydrogen-bond acceptors (Lipinski definition) is 2. The van der Waals surface area contributed by atoms with Crippen LogP contribution in [-0.4, -0.2) is 29.3 Å². The Morgan fingerprint density at radius 2 is 2.00 bits per heavy atom. The Balaban J connectivity index is 0.00000312. The first-order chi connectivity index (χ1) is 11.5. The summed E-state index contributed by atoms with van der Waals surface area (Å²) in [6.45, 7) is 8.23. The Kier molecular flexibility index (Phi) is 8.88. The second kappa shape index (κ2) is 10.4. The molecule has 0 amide bonds. The van der Waals surface area contributed by atoms with E-state index in [-0.39, 0.29) is 29.8 Å². The highest BCUT2D eigenvalue weighted by atomic mass is 127. The van der Waals surface area contributed by atoms with Crippen LogP contribution >= 0.6 is 24.0 Å². The van der Waals surface area contributed by atoms with Crippen LogP contribution in [0.4, 0.5) is 4.39 Å². The number of halogens is 2. The van der Waals surface area contributed by atoms with Gasteiger partial charge in [0, 0.05) is 37.9 Å². The summed E-state index contributed by atoms with van der Waals surface area (Å²) < 4.78 is 15.7. The lowest BCUT2D eigenvalue weighted by molar-refractivity contribution is 0.436. The number of hydrogen-bond donors (Lipinski definition) is 2. The molecule has 2 rings (SSSR count). The third kappa shape index (κ3) is 6.64. The van der Waals surface area contributed by atoms with E-state index in [4.69, 9.17) is 0 Å². The van der Waals surface area contributed by atoms with E-state index in [1.165, 1.54) is 11.8 Å². The van der Waals surface area contributed by atoms with Crippen LogP contribution in [0.25, 0.3) is 0 Å². The van der Waals surface area contributed by atoms with Crippen LogP contribution in [0.15, 0.2) is 35.3 Å². The van der Waals surface area contributed by atoms with E-state index in [9.17, 15) is 4.39 Å². The largest absolute Gasteiger partial charge is 0.356 e. The minimum Gasteiger partial charge on any atom is -0.356 e. The summed E-state index contributed by atoms with van der Waals surface area (Å²) in [5.41, 5.74) is 2.83. The van der Waals surface area contributed by atoms with Crippen LogP contribution < -0.4 is 10.6 Å². The fraction of sp³-hybridized carbons (Fsp3) is 0.444. The lowest BCUT2D eigenvalue weighted by atomic mass is 10.2. The summed E-state index contributed by atoms with van der Waals surface area (Å²) in [5, 5.41) is 10.9. The van der Waals surface area contributed by atoms with Gasteiger partial charge in [-0.15, -0.1) is 24.0 Å². The normalized spacial score (nSPS) is 12.4. The molecule has 0 fully saturated rings. The van der Waals surface area contributed by atoms with Crippen molar-refractivity contribution in [2.45, 2.75) is 33.9 Å². The van der Waals surface area contributed by atoms with Crippen LogP contribution in [-0.2, 0) is 13.1 Å². The molecule has 5 nitrogen and oxygen atoms in total. The highest BCUT2D eigenvalue weighted by molar-refractivity contribution is 14.0. The summed E-state index contributed by atoms with van der Waals surface area (Å²) in [4.78, 5) is 4.18. The average Bonchev–Trinajstić information content (AvgIpc) is 2.86.